The molecule has 0 aliphatic rings. The third-order valence-electron chi connectivity index (χ3n) is 7.73. The Morgan fingerprint density at radius 1 is 0.787 bits per heavy atom. The third-order valence-corrected chi connectivity index (χ3v) is 9.50. The molecule has 10 heteroatoms. The van der Waals surface area contributed by atoms with Crippen LogP contribution in [0.3, 0.4) is 0 Å². The lowest BCUT2D eigenvalue weighted by atomic mass is 10.0. The van der Waals surface area contributed by atoms with Crippen LogP contribution in [0.1, 0.15) is 35.6 Å². The number of rotatable bonds is 15. The Morgan fingerprint density at radius 3 is 1.96 bits per heavy atom. The van der Waals surface area contributed by atoms with E-state index in [9.17, 15) is 18.0 Å². The molecule has 0 aliphatic heterocycles. The first-order valence-electron chi connectivity index (χ1n) is 15.6. The van der Waals surface area contributed by atoms with Gasteiger partial charge in [-0.1, -0.05) is 73.7 Å². The van der Waals surface area contributed by atoms with Crippen LogP contribution in [0.4, 0.5) is 5.69 Å². The van der Waals surface area contributed by atoms with Gasteiger partial charge in [-0.3, -0.25) is 13.9 Å². The molecule has 0 bridgehead atoms. The molecule has 0 aliphatic carbocycles. The van der Waals surface area contributed by atoms with Gasteiger partial charge < -0.3 is 19.7 Å². The van der Waals surface area contributed by atoms with Gasteiger partial charge in [-0.15, -0.1) is 0 Å². The summed E-state index contributed by atoms with van der Waals surface area (Å²) in [5.41, 5.74) is 3.69. The molecule has 4 rings (SSSR count). The van der Waals surface area contributed by atoms with Crippen molar-refractivity contribution in [3.05, 3.63) is 119 Å². The van der Waals surface area contributed by atoms with Crippen LogP contribution in [0, 0.1) is 13.8 Å². The van der Waals surface area contributed by atoms with Crippen LogP contribution in [-0.4, -0.2) is 58.5 Å². The predicted molar refractivity (Wildman–Crippen MR) is 184 cm³/mol. The molecule has 4 aromatic carbocycles. The van der Waals surface area contributed by atoms with Crippen LogP contribution in [0.15, 0.2) is 102 Å². The largest absolute Gasteiger partial charge is 0.493 e. The summed E-state index contributed by atoms with van der Waals surface area (Å²) in [5, 5.41) is 2.96. The Labute approximate surface area is 278 Å². The quantitative estimate of drug-likeness (QED) is 0.176. The number of anilines is 1. The number of nitrogens with zero attached hydrogens (tertiary/aromatic N) is 2. The first-order valence-corrected chi connectivity index (χ1v) is 17.0. The molecule has 0 saturated carbocycles. The number of carbonyl (C=O) groups is 2. The van der Waals surface area contributed by atoms with E-state index in [1.165, 1.54) is 37.3 Å². The summed E-state index contributed by atoms with van der Waals surface area (Å²) < 4.78 is 40.7. The van der Waals surface area contributed by atoms with Crippen molar-refractivity contribution in [1.82, 2.24) is 10.2 Å². The molecule has 47 heavy (non-hydrogen) atoms. The molecule has 1 atom stereocenters. The van der Waals surface area contributed by atoms with Crippen LogP contribution in [0.5, 0.6) is 11.5 Å². The van der Waals surface area contributed by atoms with Gasteiger partial charge in [0.05, 0.1) is 24.8 Å². The molecule has 1 N–H and O–H groups in total. The topological polar surface area (TPSA) is 105 Å². The van der Waals surface area contributed by atoms with Gasteiger partial charge in [0, 0.05) is 25.6 Å². The summed E-state index contributed by atoms with van der Waals surface area (Å²) in [4.78, 5) is 29.8. The molecule has 248 valence electrons. The Hall–Kier alpha value is -4.83. The molecule has 4 aromatic rings. The Kier molecular flexibility index (Phi) is 12.0. The number of hydrogen-bond donors (Lipinski definition) is 1. The van der Waals surface area contributed by atoms with Crippen molar-refractivity contribution in [3.63, 3.8) is 0 Å². The highest BCUT2D eigenvalue weighted by Gasteiger charge is 2.35. The summed E-state index contributed by atoms with van der Waals surface area (Å²) in [6.07, 6.45) is 0.974. The number of amides is 2. The van der Waals surface area contributed by atoms with E-state index in [4.69, 9.17) is 9.47 Å². The number of aryl methyl sites for hydroxylation is 2. The van der Waals surface area contributed by atoms with Crippen LogP contribution < -0.4 is 19.1 Å². The molecule has 2 amide bonds. The van der Waals surface area contributed by atoms with E-state index in [1.807, 2.05) is 87.5 Å². The minimum Gasteiger partial charge on any atom is -0.493 e. The standard InChI is InChI=1S/C37H43N3O6S/c1-6-19-38-37(42)33(23-29-13-9-7-10-14-29)39(25-30-15-11-8-12-16-30)36(41)26-40(31-21-27(2)20-28(3)22-31)47(43,44)32-17-18-34(45-4)35(24-32)46-5/h7-18,20-22,24,33H,6,19,23,25-26H2,1-5H3,(H,38,42). The third kappa shape index (κ3) is 8.92. The normalized spacial score (nSPS) is 11.8. The SMILES string of the molecule is CCCNC(=O)C(Cc1ccccc1)N(Cc1ccccc1)C(=O)CN(c1cc(C)cc(C)c1)S(=O)(=O)c1ccc(OC)c(OC)c1. The molecule has 0 fully saturated rings. The van der Waals surface area contributed by atoms with E-state index < -0.39 is 28.5 Å². The van der Waals surface area contributed by atoms with Gasteiger partial charge in [0.2, 0.25) is 11.8 Å². The number of hydrogen-bond acceptors (Lipinski definition) is 6. The predicted octanol–water partition coefficient (Wildman–Crippen LogP) is 5.68. The fourth-order valence-corrected chi connectivity index (χ4v) is 6.84. The van der Waals surface area contributed by atoms with Crippen molar-refractivity contribution in [2.45, 2.75) is 51.1 Å². The van der Waals surface area contributed by atoms with E-state index in [2.05, 4.69) is 5.32 Å². The van der Waals surface area contributed by atoms with E-state index in [0.29, 0.717) is 18.0 Å². The highest BCUT2D eigenvalue weighted by molar-refractivity contribution is 7.92. The zero-order chi connectivity index (χ0) is 34.0. The van der Waals surface area contributed by atoms with Gasteiger partial charge in [-0.25, -0.2) is 8.42 Å². The van der Waals surface area contributed by atoms with E-state index in [-0.39, 0.29) is 29.5 Å². The van der Waals surface area contributed by atoms with Gasteiger partial charge in [-0.05, 0) is 66.8 Å². The van der Waals surface area contributed by atoms with Crippen molar-refractivity contribution >= 4 is 27.5 Å². The average Bonchev–Trinajstić information content (AvgIpc) is 3.07. The van der Waals surface area contributed by atoms with Crippen molar-refractivity contribution in [1.29, 1.82) is 0 Å². The number of methoxy groups -OCH3 is 2. The number of benzene rings is 4. The molecule has 0 spiro atoms. The van der Waals surface area contributed by atoms with E-state index >= 15 is 0 Å². The van der Waals surface area contributed by atoms with Crippen molar-refractivity contribution in [2.24, 2.45) is 0 Å². The zero-order valence-electron chi connectivity index (χ0n) is 27.6. The fourth-order valence-electron chi connectivity index (χ4n) is 5.43. The molecule has 0 radical (unpaired) electrons. The first-order chi connectivity index (χ1) is 22.6. The van der Waals surface area contributed by atoms with Gasteiger partial charge in [0.15, 0.2) is 11.5 Å². The van der Waals surface area contributed by atoms with Crippen molar-refractivity contribution in [3.8, 4) is 11.5 Å². The average molecular weight is 658 g/mol. The number of carbonyl (C=O) groups excluding carboxylic acids is 2. The smallest absolute Gasteiger partial charge is 0.264 e. The first kappa shape index (κ1) is 35.0. The maximum atomic E-state index is 14.6. The second-order valence-corrected chi connectivity index (χ2v) is 13.2. The molecule has 0 aromatic heterocycles. The lowest BCUT2D eigenvalue weighted by Gasteiger charge is -2.34. The Balaban J connectivity index is 1.83. The van der Waals surface area contributed by atoms with Crippen LogP contribution in [0.25, 0.3) is 0 Å². The Morgan fingerprint density at radius 2 is 1.38 bits per heavy atom. The van der Waals surface area contributed by atoms with Gasteiger partial charge in [0.1, 0.15) is 12.6 Å². The summed E-state index contributed by atoms with van der Waals surface area (Å²) >= 11 is 0. The van der Waals surface area contributed by atoms with Crippen molar-refractivity contribution in [2.75, 3.05) is 31.6 Å². The molecule has 0 heterocycles. The summed E-state index contributed by atoms with van der Waals surface area (Å²) in [6, 6.07) is 27.7. The maximum absolute atomic E-state index is 14.6. The van der Waals surface area contributed by atoms with Crippen molar-refractivity contribution < 1.29 is 27.5 Å². The van der Waals surface area contributed by atoms with E-state index in [0.717, 1.165) is 33.0 Å². The lowest BCUT2D eigenvalue weighted by Crippen LogP contribution is -2.53. The second kappa shape index (κ2) is 16.1. The van der Waals surface area contributed by atoms with Gasteiger partial charge in [0.25, 0.3) is 10.0 Å². The lowest BCUT2D eigenvalue weighted by molar-refractivity contribution is -0.140. The highest BCUT2D eigenvalue weighted by Crippen LogP contribution is 2.33. The molecule has 0 saturated heterocycles. The highest BCUT2D eigenvalue weighted by atomic mass is 32.2. The zero-order valence-corrected chi connectivity index (χ0v) is 28.4. The summed E-state index contributed by atoms with van der Waals surface area (Å²) in [5.74, 6) is -0.219. The van der Waals surface area contributed by atoms with Gasteiger partial charge in [-0.2, -0.15) is 0 Å². The second-order valence-electron chi connectivity index (χ2n) is 11.4. The Bertz CT molecular complexity index is 1740. The fraction of sp³-hybridized carbons (Fsp3) is 0.297. The molecular weight excluding hydrogens is 614 g/mol. The minimum atomic E-state index is -4.32. The summed E-state index contributed by atoms with van der Waals surface area (Å²) in [7, 11) is -1.42. The minimum absolute atomic E-state index is 0.0711. The monoisotopic (exact) mass is 657 g/mol. The van der Waals surface area contributed by atoms with Crippen LogP contribution >= 0.6 is 0 Å². The molecular formula is C37H43N3O6S. The summed E-state index contributed by atoms with van der Waals surface area (Å²) in [6.45, 7) is 5.71. The van der Waals surface area contributed by atoms with Crippen LogP contribution in [-0.2, 0) is 32.6 Å². The number of ether oxygens (including phenoxy) is 2. The molecule has 9 nitrogen and oxygen atoms in total. The van der Waals surface area contributed by atoms with E-state index in [1.54, 1.807) is 12.1 Å². The number of nitrogens with one attached hydrogen (secondary N) is 1. The molecule has 1 unspecified atom stereocenters. The van der Waals surface area contributed by atoms with Gasteiger partial charge >= 0.3 is 0 Å². The van der Waals surface area contributed by atoms with Crippen LogP contribution in [0.2, 0.25) is 0 Å². The maximum Gasteiger partial charge on any atom is 0.264 e. The number of sulfonamides is 1.